The van der Waals surface area contributed by atoms with Gasteiger partial charge in [0.2, 0.25) is 0 Å². The summed E-state index contributed by atoms with van der Waals surface area (Å²) in [6.07, 6.45) is 1.92. The molecule has 0 unspecified atom stereocenters. The standard InChI is InChI=1S/C21H22F2N4O/c1-21(22,23)16-5-2-3-6-18(16)25-20(28)27-13-11-26(12-14-27)19-8-4-7-17-15(19)9-10-24-17/h2-10,24H,11-14H2,1H3,(H,25,28). The number of halogens is 2. The molecule has 0 atom stereocenters. The third kappa shape index (κ3) is 3.52. The molecular weight excluding hydrogens is 362 g/mol. The zero-order valence-corrected chi connectivity index (χ0v) is 15.6. The average Bonchev–Trinajstić information content (AvgIpc) is 3.16. The van der Waals surface area contributed by atoms with Crippen LogP contribution in [-0.4, -0.2) is 42.1 Å². The van der Waals surface area contributed by atoms with Gasteiger partial charge in [0, 0.05) is 61.5 Å². The number of carbonyl (C=O) groups excluding carboxylic acids is 1. The molecular formula is C21H22F2N4O. The number of nitrogens with zero attached hydrogens (tertiary/aromatic N) is 2. The van der Waals surface area contributed by atoms with Crippen LogP contribution in [0.1, 0.15) is 12.5 Å². The summed E-state index contributed by atoms with van der Waals surface area (Å²) in [4.78, 5) is 19.7. The molecule has 5 nitrogen and oxygen atoms in total. The number of piperazine rings is 1. The van der Waals surface area contributed by atoms with E-state index in [0.29, 0.717) is 26.2 Å². The molecule has 0 radical (unpaired) electrons. The lowest BCUT2D eigenvalue weighted by atomic mass is 10.1. The zero-order valence-electron chi connectivity index (χ0n) is 15.6. The van der Waals surface area contributed by atoms with Crippen LogP contribution in [0.15, 0.2) is 54.7 Å². The van der Waals surface area contributed by atoms with Gasteiger partial charge in [0.25, 0.3) is 5.92 Å². The zero-order chi connectivity index (χ0) is 19.7. The maximum absolute atomic E-state index is 13.8. The molecule has 2 N–H and O–H groups in total. The van der Waals surface area contributed by atoms with Crippen LogP contribution in [0, 0.1) is 0 Å². The van der Waals surface area contributed by atoms with Gasteiger partial charge >= 0.3 is 6.03 Å². The van der Waals surface area contributed by atoms with E-state index in [4.69, 9.17) is 0 Å². The van der Waals surface area contributed by atoms with Crippen LogP contribution in [0.3, 0.4) is 0 Å². The van der Waals surface area contributed by atoms with Gasteiger partial charge in [-0.15, -0.1) is 0 Å². The Morgan fingerprint density at radius 2 is 1.79 bits per heavy atom. The Kier molecular flexibility index (Phi) is 4.66. The van der Waals surface area contributed by atoms with E-state index in [1.165, 1.54) is 12.1 Å². The number of aromatic amines is 1. The second kappa shape index (κ2) is 7.14. The van der Waals surface area contributed by atoms with E-state index in [1.807, 2.05) is 24.4 Å². The van der Waals surface area contributed by atoms with Crippen LogP contribution in [0.5, 0.6) is 0 Å². The number of fused-ring (bicyclic) bond motifs is 1. The molecule has 0 bridgehead atoms. The first-order valence-electron chi connectivity index (χ1n) is 9.28. The van der Waals surface area contributed by atoms with Gasteiger partial charge in [-0.2, -0.15) is 0 Å². The number of hydrogen-bond acceptors (Lipinski definition) is 2. The fraction of sp³-hybridized carbons (Fsp3) is 0.286. The Hall–Kier alpha value is -3.09. The highest BCUT2D eigenvalue weighted by atomic mass is 19.3. The molecule has 146 valence electrons. The summed E-state index contributed by atoms with van der Waals surface area (Å²) in [5.41, 5.74) is 2.19. The number of carbonyl (C=O) groups is 1. The van der Waals surface area contributed by atoms with Crippen molar-refractivity contribution in [2.45, 2.75) is 12.8 Å². The number of alkyl halides is 2. The Balaban J connectivity index is 1.43. The molecule has 2 heterocycles. The minimum atomic E-state index is -3.02. The Morgan fingerprint density at radius 1 is 1.04 bits per heavy atom. The third-order valence-corrected chi connectivity index (χ3v) is 5.12. The minimum absolute atomic E-state index is 0.152. The highest BCUT2D eigenvalue weighted by Crippen LogP contribution is 2.33. The molecule has 1 fully saturated rings. The number of rotatable bonds is 3. The normalized spacial score (nSPS) is 15.1. The van der Waals surface area contributed by atoms with Crippen molar-refractivity contribution < 1.29 is 13.6 Å². The monoisotopic (exact) mass is 384 g/mol. The third-order valence-electron chi connectivity index (χ3n) is 5.12. The van der Waals surface area contributed by atoms with Gasteiger partial charge in [-0.1, -0.05) is 24.3 Å². The second-order valence-corrected chi connectivity index (χ2v) is 7.05. The fourth-order valence-corrected chi connectivity index (χ4v) is 3.66. The number of hydrogen-bond donors (Lipinski definition) is 2. The molecule has 1 aromatic heterocycles. The van der Waals surface area contributed by atoms with Crippen molar-refractivity contribution in [3.8, 4) is 0 Å². The van der Waals surface area contributed by atoms with Gasteiger partial charge in [0.15, 0.2) is 0 Å². The average molecular weight is 384 g/mol. The van der Waals surface area contributed by atoms with Crippen LogP contribution >= 0.6 is 0 Å². The van der Waals surface area contributed by atoms with E-state index in [2.05, 4.69) is 21.3 Å². The van der Waals surface area contributed by atoms with Gasteiger partial charge in [0.1, 0.15) is 0 Å². The number of benzene rings is 2. The lowest BCUT2D eigenvalue weighted by molar-refractivity contribution is 0.0182. The summed E-state index contributed by atoms with van der Waals surface area (Å²) in [5.74, 6) is -3.02. The van der Waals surface area contributed by atoms with Crippen molar-refractivity contribution in [1.29, 1.82) is 0 Å². The minimum Gasteiger partial charge on any atom is -0.367 e. The van der Waals surface area contributed by atoms with Gasteiger partial charge in [-0.05, 0) is 24.3 Å². The predicted octanol–water partition coefficient (Wildman–Crippen LogP) is 4.63. The van der Waals surface area contributed by atoms with Gasteiger partial charge in [-0.3, -0.25) is 0 Å². The molecule has 0 saturated carbocycles. The first-order valence-corrected chi connectivity index (χ1v) is 9.28. The number of para-hydroxylation sites is 1. The largest absolute Gasteiger partial charge is 0.367 e. The van der Waals surface area contributed by atoms with E-state index >= 15 is 0 Å². The highest BCUT2D eigenvalue weighted by Gasteiger charge is 2.29. The maximum atomic E-state index is 13.8. The quantitative estimate of drug-likeness (QED) is 0.692. The van der Waals surface area contributed by atoms with Crippen LogP contribution in [0.2, 0.25) is 0 Å². The number of nitrogens with one attached hydrogen (secondary N) is 2. The first kappa shape index (κ1) is 18.3. The summed E-state index contributed by atoms with van der Waals surface area (Å²) in [7, 11) is 0. The predicted molar refractivity (Wildman–Crippen MR) is 107 cm³/mol. The fourth-order valence-electron chi connectivity index (χ4n) is 3.66. The van der Waals surface area contributed by atoms with Crippen molar-refractivity contribution in [1.82, 2.24) is 9.88 Å². The summed E-state index contributed by atoms with van der Waals surface area (Å²) < 4.78 is 27.5. The topological polar surface area (TPSA) is 51.4 Å². The summed E-state index contributed by atoms with van der Waals surface area (Å²) in [6, 6.07) is 13.8. The molecule has 4 rings (SSSR count). The molecule has 2 aromatic carbocycles. The van der Waals surface area contributed by atoms with Crippen molar-refractivity contribution in [3.63, 3.8) is 0 Å². The number of H-pyrrole nitrogens is 1. The summed E-state index contributed by atoms with van der Waals surface area (Å²) in [6.45, 7) is 3.25. The van der Waals surface area contributed by atoms with Crippen molar-refractivity contribution >= 4 is 28.3 Å². The molecule has 1 aliphatic heterocycles. The van der Waals surface area contributed by atoms with E-state index in [0.717, 1.165) is 23.5 Å². The molecule has 2 amide bonds. The molecule has 7 heteroatoms. The Bertz CT molecular complexity index is 987. The number of anilines is 2. The van der Waals surface area contributed by atoms with Gasteiger partial charge in [-0.25, -0.2) is 13.6 Å². The maximum Gasteiger partial charge on any atom is 0.321 e. The van der Waals surface area contributed by atoms with Crippen molar-refractivity contribution in [2.75, 3.05) is 36.4 Å². The highest BCUT2D eigenvalue weighted by molar-refractivity contribution is 5.93. The van der Waals surface area contributed by atoms with E-state index in [-0.39, 0.29) is 17.3 Å². The smallest absolute Gasteiger partial charge is 0.321 e. The lowest BCUT2D eigenvalue weighted by Crippen LogP contribution is -2.50. The number of urea groups is 1. The molecule has 0 aliphatic carbocycles. The first-order chi connectivity index (χ1) is 13.4. The summed E-state index contributed by atoms with van der Waals surface area (Å²) >= 11 is 0. The number of aromatic nitrogens is 1. The molecule has 1 saturated heterocycles. The van der Waals surface area contributed by atoms with Crippen LogP contribution in [0.25, 0.3) is 10.9 Å². The van der Waals surface area contributed by atoms with E-state index in [9.17, 15) is 13.6 Å². The lowest BCUT2D eigenvalue weighted by Gasteiger charge is -2.36. The van der Waals surface area contributed by atoms with Crippen LogP contribution < -0.4 is 10.2 Å². The summed E-state index contributed by atoms with van der Waals surface area (Å²) in [5, 5.41) is 3.80. The van der Waals surface area contributed by atoms with Crippen molar-refractivity contribution in [2.24, 2.45) is 0 Å². The molecule has 0 spiro atoms. The van der Waals surface area contributed by atoms with Crippen LogP contribution in [-0.2, 0) is 5.92 Å². The SMILES string of the molecule is CC(F)(F)c1ccccc1NC(=O)N1CCN(c2cccc3[nH]ccc23)CC1. The van der Waals surface area contributed by atoms with E-state index < -0.39 is 5.92 Å². The Labute approximate surface area is 161 Å². The Morgan fingerprint density at radius 3 is 2.54 bits per heavy atom. The molecule has 28 heavy (non-hydrogen) atoms. The van der Waals surface area contributed by atoms with Gasteiger partial charge in [0.05, 0.1) is 5.69 Å². The van der Waals surface area contributed by atoms with Crippen molar-refractivity contribution in [3.05, 3.63) is 60.3 Å². The van der Waals surface area contributed by atoms with Gasteiger partial charge < -0.3 is 20.1 Å². The number of amides is 2. The molecule has 1 aliphatic rings. The second-order valence-electron chi connectivity index (χ2n) is 7.05. The molecule has 3 aromatic rings. The van der Waals surface area contributed by atoms with Crippen LogP contribution in [0.4, 0.5) is 25.0 Å². The van der Waals surface area contributed by atoms with E-state index in [1.54, 1.807) is 17.0 Å².